The van der Waals surface area contributed by atoms with Gasteiger partial charge in [0.2, 0.25) is 0 Å². The number of aliphatic imine (C=N–C) groups is 1. The van der Waals surface area contributed by atoms with Gasteiger partial charge in [-0.25, -0.2) is 4.99 Å². The Morgan fingerprint density at radius 1 is 1.41 bits per heavy atom. The van der Waals surface area contributed by atoms with Gasteiger partial charge in [0.25, 0.3) is 0 Å². The maximum atomic E-state index is 4.59. The number of halogens is 2. The van der Waals surface area contributed by atoms with Crippen LogP contribution in [-0.4, -0.2) is 28.8 Å². The molecule has 0 fully saturated rings. The molecule has 22 heavy (non-hydrogen) atoms. The van der Waals surface area contributed by atoms with Crippen molar-refractivity contribution in [1.29, 1.82) is 0 Å². The van der Waals surface area contributed by atoms with E-state index in [-0.39, 0.29) is 24.0 Å². The minimum atomic E-state index is 0. The van der Waals surface area contributed by atoms with Crippen molar-refractivity contribution in [2.45, 2.75) is 26.4 Å². The van der Waals surface area contributed by atoms with Gasteiger partial charge in [0.15, 0.2) is 5.96 Å². The van der Waals surface area contributed by atoms with Gasteiger partial charge < -0.3 is 10.6 Å². The number of guanidine groups is 1. The maximum Gasteiger partial charge on any atom is 0.191 e. The number of rotatable bonds is 7. The number of thiophene rings is 1. The van der Waals surface area contributed by atoms with Gasteiger partial charge in [-0.3, -0.25) is 4.68 Å². The fourth-order valence-corrected chi connectivity index (χ4v) is 3.22. The molecule has 5 nitrogen and oxygen atoms in total. The van der Waals surface area contributed by atoms with E-state index in [1.807, 2.05) is 16.9 Å². The van der Waals surface area contributed by atoms with Crippen molar-refractivity contribution in [3.8, 4) is 0 Å². The molecular formula is C14H21BrIN5S. The molecule has 0 saturated carbocycles. The third-order valence-electron chi connectivity index (χ3n) is 2.78. The number of hydrogen-bond donors (Lipinski definition) is 2. The molecule has 0 bridgehead atoms. The van der Waals surface area contributed by atoms with Crippen LogP contribution in [0.5, 0.6) is 0 Å². The molecule has 2 aromatic rings. The summed E-state index contributed by atoms with van der Waals surface area (Å²) < 4.78 is 3.08. The molecule has 0 saturated heterocycles. The molecule has 122 valence electrons. The molecular weight excluding hydrogens is 477 g/mol. The summed E-state index contributed by atoms with van der Waals surface area (Å²) >= 11 is 5.19. The summed E-state index contributed by atoms with van der Waals surface area (Å²) in [7, 11) is 0. The molecule has 0 spiro atoms. The van der Waals surface area contributed by atoms with Crippen molar-refractivity contribution in [2.24, 2.45) is 4.99 Å². The van der Waals surface area contributed by atoms with Gasteiger partial charge in [0.05, 0.1) is 10.3 Å². The highest BCUT2D eigenvalue weighted by atomic mass is 127. The van der Waals surface area contributed by atoms with Gasteiger partial charge in [-0.1, -0.05) is 0 Å². The molecule has 0 aliphatic carbocycles. The molecule has 2 aromatic heterocycles. The van der Waals surface area contributed by atoms with Gasteiger partial charge in [-0.15, -0.1) is 35.3 Å². The minimum Gasteiger partial charge on any atom is -0.357 e. The van der Waals surface area contributed by atoms with Gasteiger partial charge in [-0.05, 0) is 47.5 Å². The molecule has 0 aliphatic heterocycles. The van der Waals surface area contributed by atoms with E-state index in [4.69, 9.17) is 0 Å². The second-order valence-corrected chi connectivity index (χ2v) is 7.00. The minimum absolute atomic E-state index is 0. The second-order valence-electron chi connectivity index (χ2n) is 4.45. The van der Waals surface area contributed by atoms with E-state index in [1.54, 1.807) is 17.5 Å². The number of aryl methyl sites for hydroxylation is 1. The summed E-state index contributed by atoms with van der Waals surface area (Å²) in [5.41, 5.74) is 0. The van der Waals surface area contributed by atoms with Crippen LogP contribution in [0.3, 0.4) is 0 Å². The summed E-state index contributed by atoms with van der Waals surface area (Å²) in [6, 6.07) is 6.09. The van der Waals surface area contributed by atoms with Crippen LogP contribution in [0.1, 0.15) is 18.2 Å². The largest absolute Gasteiger partial charge is 0.357 e. The summed E-state index contributed by atoms with van der Waals surface area (Å²) in [5, 5.41) is 10.8. The van der Waals surface area contributed by atoms with Gasteiger partial charge in [0.1, 0.15) is 0 Å². The molecule has 0 atom stereocenters. The van der Waals surface area contributed by atoms with E-state index in [0.29, 0.717) is 6.54 Å². The van der Waals surface area contributed by atoms with Gasteiger partial charge in [0, 0.05) is 36.9 Å². The first-order valence-electron chi connectivity index (χ1n) is 7.01. The second kappa shape index (κ2) is 11.0. The van der Waals surface area contributed by atoms with E-state index in [2.05, 4.69) is 55.7 Å². The smallest absolute Gasteiger partial charge is 0.191 e. The molecule has 0 aromatic carbocycles. The Balaban J connectivity index is 0.00000242. The first-order valence-corrected chi connectivity index (χ1v) is 8.62. The van der Waals surface area contributed by atoms with Crippen molar-refractivity contribution >= 4 is 57.2 Å². The van der Waals surface area contributed by atoms with Crippen molar-refractivity contribution in [1.82, 2.24) is 20.4 Å². The van der Waals surface area contributed by atoms with Crippen LogP contribution < -0.4 is 10.6 Å². The van der Waals surface area contributed by atoms with E-state index >= 15 is 0 Å². The highest BCUT2D eigenvalue weighted by Crippen LogP contribution is 2.22. The summed E-state index contributed by atoms with van der Waals surface area (Å²) in [6.45, 7) is 5.42. The zero-order chi connectivity index (χ0) is 14.9. The molecule has 8 heteroatoms. The summed E-state index contributed by atoms with van der Waals surface area (Å²) in [6.07, 6.45) is 4.79. The SMILES string of the molecule is CCNC(=NCc1ccc(Br)s1)NCCCn1cccn1.I. The standard InChI is InChI=1S/C14H20BrN5S.HI/c1-2-16-14(18-11-12-5-6-13(15)21-12)17-7-3-9-20-10-4-8-19-20;/h4-6,8,10H,2-3,7,9,11H2,1H3,(H2,16,17,18);1H. The molecule has 0 unspecified atom stereocenters. The van der Waals surface area contributed by atoms with Gasteiger partial charge in [-0.2, -0.15) is 5.10 Å². The highest BCUT2D eigenvalue weighted by Gasteiger charge is 2.00. The van der Waals surface area contributed by atoms with Crippen LogP contribution in [0, 0.1) is 0 Å². The third kappa shape index (κ3) is 7.10. The molecule has 2 rings (SSSR count). The number of nitrogens with zero attached hydrogens (tertiary/aromatic N) is 3. The zero-order valence-corrected chi connectivity index (χ0v) is 17.2. The lowest BCUT2D eigenvalue weighted by Crippen LogP contribution is -2.38. The van der Waals surface area contributed by atoms with Crippen molar-refractivity contribution in [3.05, 3.63) is 39.3 Å². The van der Waals surface area contributed by atoms with Crippen molar-refractivity contribution in [2.75, 3.05) is 13.1 Å². The normalized spacial score (nSPS) is 11.1. The topological polar surface area (TPSA) is 54.2 Å². The fraction of sp³-hybridized carbons (Fsp3) is 0.429. The number of hydrogen-bond acceptors (Lipinski definition) is 3. The number of aromatic nitrogens is 2. The highest BCUT2D eigenvalue weighted by molar-refractivity contribution is 14.0. The first kappa shape index (κ1) is 19.4. The zero-order valence-electron chi connectivity index (χ0n) is 12.5. The number of nitrogens with one attached hydrogen (secondary N) is 2. The molecule has 0 radical (unpaired) electrons. The lowest BCUT2D eigenvalue weighted by molar-refractivity contribution is 0.570. The van der Waals surface area contributed by atoms with E-state index in [0.717, 1.165) is 35.8 Å². The van der Waals surface area contributed by atoms with Crippen LogP contribution in [-0.2, 0) is 13.1 Å². The summed E-state index contributed by atoms with van der Waals surface area (Å²) in [4.78, 5) is 5.84. The maximum absolute atomic E-state index is 4.59. The average Bonchev–Trinajstić information content (AvgIpc) is 3.12. The average molecular weight is 498 g/mol. The lowest BCUT2D eigenvalue weighted by Gasteiger charge is -2.11. The van der Waals surface area contributed by atoms with Crippen molar-refractivity contribution < 1.29 is 0 Å². The Morgan fingerprint density at radius 3 is 2.91 bits per heavy atom. The van der Waals surface area contributed by atoms with Crippen LogP contribution in [0.4, 0.5) is 0 Å². The Morgan fingerprint density at radius 2 is 2.27 bits per heavy atom. The predicted octanol–water partition coefficient (Wildman–Crippen LogP) is 3.47. The van der Waals surface area contributed by atoms with Crippen LogP contribution in [0.15, 0.2) is 39.4 Å². The monoisotopic (exact) mass is 497 g/mol. The van der Waals surface area contributed by atoms with E-state index in [9.17, 15) is 0 Å². The molecule has 0 aliphatic rings. The first-order chi connectivity index (χ1) is 10.3. The molecule has 2 heterocycles. The quantitative estimate of drug-likeness (QED) is 0.266. The Hall–Kier alpha value is -0.610. The Bertz CT molecular complexity index is 555. The van der Waals surface area contributed by atoms with E-state index < -0.39 is 0 Å². The summed E-state index contributed by atoms with van der Waals surface area (Å²) in [5.74, 6) is 0.863. The molecule has 2 N–H and O–H groups in total. The van der Waals surface area contributed by atoms with Crippen LogP contribution >= 0.6 is 51.2 Å². The molecule has 0 amide bonds. The van der Waals surface area contributed by atoms with Crippen molar-refractivity contribution in [3.63, 3.8) is 0 Å². The van der Waals surface area contributed by atoms with Crippen LogP contribution in [0.25, 0.3) is 0 Å². The third-order valence-corrected chi connectivity index (χ3v) is 4.39. The Labute approximate surface area is 160 Å². The predicted molar refractivity (Wildman–Crippen MR) is 107 cm³/mol. The van der Waals surface area contributed by atoms with Crippen LogP contribution in [0.2, 0.25) is 0 Å². The van der Waals surface area contributed by atoms with E-state index in [1.165, 1.54) is 4.88 Å². The Kier molecular flexibility index (Phi) is 9.73. The van der Waals surface area contributed by atoms with Gasteiger partial charge >= 0.3 is 0 Å². The fourth-order valence-electron chi connectivity index (χ4n) is 1.82. The lowest BCUT2D eigenvalue weighted by atomic mass is 10.4.